The van der Waals surface area contributed by atoms with Crippen LogP contribution in [0.4, 0.5) is 0 Å². The van der Waals surface area contributed by atoms with Gasteiger partial charge in [0.25, 0.3) is 0 Å². The van der Waals surface area contributed by atoms with Crippen molar-refractivity contribution in [1.82, 2.24) is 14.7 Å². The molecule has 2 amide bonds. The summed E-state index contributed by atoms with van der Waals surface area (Å²) in [7, 11) is 0. The predicted molar refractivity (Wildman–Crippen MR) is 77.2 cm³/mol. The van der Waals surface area contributed by atoms with E-state index < -0.39 is 5.60 Å². The molecule has 116 valence electrons. The van der Waals surface area contributed by atoms with Gasteiger partial charge in [0, 0.05) is 39.6 Å². The number of hydrogen-bond acceptors (Lipinski definition) is 4. The van der Waals surface area contributed by atoms with Gasteiger partial charge < -0.3 is 14.9 Å². The third kappa shape index (κ3) is 5.46. The molecule has 0 radical (unpaired) electrons. The lowest BCUT2D eigenvalue weighted by Crippen LogP contribution is -2.53. The summed E-state index contributed by atoms with van der Waals surface area (Å²) >= 11 is 0. The molecule has 0 aromatic rings. The van der Waals surface area contributed by atoms with Crippen LogP contribution in [0.1, 0.15) is 27.7 Å². The fraction of sp³-hybridized carbons (Fsp3) is 0.857. The highest BCUT2D eigenvalue weighted by atomic mass is 16.3. The molecule has 6 heteroatoms. The highest BCUT2D eigenvalue weighted by Gasteiger charge is 2.25. The normalized spacial score (nSPS) is 16.7. The molecule has 0 atom stereocenters. The molecule has 1 rings (SSSR count). The van der Waals surface area contributed by atoms with Crippen molar-refractivity contribution in [3.8, 4) is 0 Å². The van der Waals surface area contributed by atoms with Crippen LogP contribution in [0.5, 0.6) is 0 Å². The Hall–Kier alpha value is -1.14. The summed E-state index contributed by atoms with van der Waals surface area (Å²) in [4.78, 5) is 29.0. The fourth-order valence-electron chi connectivity index (χ4n) is 2.39. The summed E-state index contributed by atoms with van der Waals surface area (Å²) < 4.78 is 0. The van der Waals surface area contributed by atoms with E-state index in [9.17, 15) is 14.7 Å². The van der Waals surface area contributed by atoms with Crippen molar-refractivity contribution in [2.45, 2.75) is 33.3 Å². The number of rotatable bonds is 5. The third-order valence-corrected chi connectivity index (χ3v) is 3.49. The van der Waals surface area contributed by atoms with Crippen LogP contribution in [0.2, 0.25) is 0 Å². The van der Waals surface area contributed by atoms with Crippen molar-refractivity contribution >= 4 is 11.8 Å². The zero-order chi connectivity index (χ0) is 15.3. The van der Waals surface area contributed by atoms with E-state index in [4.69, 9.17) is 0 Å². The first-order valence-electron chi connectivity index (χ1n) is 7.21. The molecule has 0 unspecified atom stereocenters. The maximum Gasteiger partial charge on any atom is 0.236 e. The number of aliphatic hydroxyl groups is 1. The Bertz CT molecular complexity index is 344. The van der Waals surface area contributed by atoms with Gasteiger partial charge in [-0.3, -0.25) is 14.5 Å². The molecule has 0 saturated carbocycles. The predicted octanol–water partition coefficient (Wildman–Crippen LogP) is -0.230. The van der Waals surface area contributed by atoms with Gasteiger partial charge in [-0.15, -0.1) is 0 Å². The molecule has 0 aromatic heterocycles. The van der Waals surface area contributed by atoms with Gasteiger partial charge in [0.15, 0.2) is 0 Å². The summed E-state index contributed by atoms with van der Waals surface area (Å²) in [6, 6.07) is 0. The average molecular weight is 285 g/mol. The van der Waals surface area contributed by atoms with Crippen molar-refractivity contribution in [2.75, 3.05) is 45.8 Å². The minimum atomic E-state index is -0.802. The number of amides is 2. The van der Waals surface area contributed by atoms with Crippen LogP contribution in [-0.4, -0.2) is 83.0 Å². The second-order valence-corrected chi connectivity index (χ2v) is 6.00. The second-order valence-electron chi connectivity index (χ2n) is 6.00. The van der Waals surface area contributed by atoms with Gasteiger partial charge in [0.1, 0.15) is 0 Å². The van der Waals surface area contributed by atoms with Gasteiger partial charge in [-0.2, -0.15) is 0 Å². The minimum Gasteiger partial charge on any atom is -0.389 e. The summed E-state index contributed by atoms with van der Waals surface area (Å²) in [5, 5.41) is 9.83. The summed E-state index contributed by atoms with van der Waals surface area (Å²) in [5.41, 5.74) is -0.802. The van der Waals surface area contributed by atoms with E-state index in [2.05, 4.69) is 0 Å². The van der Waals surface area contributed by atoms with Crippen LogP contribution in [0.3, 0.4) is 0 Å². The van der Waals surface area contributed by atoms with Gasteiger partial charge >= 0.3 is 0 Å². The Balaban J connectivity index is 2.44. The zero-order valence-electron chi connectivity index (χ0n) is 13.1. The molecule has 1 fully saturated rings. The first-order chi connectivity index (χ1) is 9.23. The number of carbonyl (C=O) groups is 2. The van der Waals surface area contributed by atoms with Crippen molar-refractivity contribution in [1.29, 1.82) is 0 Å². The molecule has 1 N–H and O–H groups in total. The first-order valence-corrected chi connectivity index (χ1v) is 7.21. The van der Waals surface area contributed by atoms with E-state index in [-0.39, 0.29) is 11.8 Å². The van der Waals surface area contributed by atoms with Crippen molar-refractivity contribution in [3.63, 3.8) is 0 Å². The molecule has 0 bridgehead atoms. The molecule has 1 saturated heterocycles. The molecule has 1 heterocycles. The molecule has 0 aromatic carbocycles. The zero-order valence-corrected chi connectivity index (χ0v) is 13.1. The molecular formula is C14H27N3O3. The van der Waals surface area contributed by atoms with Gasteiger partial charge in [-0.1, -0.05) is 6.92 Å². The van der Waals surface area contributed by atoms with E-state index in [1.165, 1.54) is 0 Å². The number of hydrogen-bond donors (Lipinski definition) is 1. The Morgan fingerprint density at radius 2 is 1.65 bits per heavy atom. The summed E-state index contributed by atoms with van der Waals surface area (Å²) in [6.45, 7) is 10.9. The Kier molecular flexibility index (Phi) is 5.95. The molecule has 1 aliphatic heterocycles. The van der Waals surface area contributed by atoms with Gasteiger partial charge in [-0.25, -0.2) is 0 Å². The minimum absolute atomic E-state index is 0.0642. The van der Waals surface area contributed by atoms with Crippen molar-refractivity contribution < 1.29 is 14.7 Å². The standard InChI is InChI=1S/C14H27N3O3/c1-5-15(11-14(3,4)20)10-13(19)17-8-6-16(7-9-17)12(2)18/h20H,5-11H2,1-4H3. The molecular weight excluding hydrogens is 258 g/mol. The number of piperazine rings is 1. The number of carbonyl (C=O) groups excluding carboxylic acids is 2. The van der Waals surface area contributed by atoms with Crippen LogP contribution in [-0.2, 0) is 9.59 Å². The molecule has 0 aliphatic carbocycles. The topological polar surface area (TPSA) is 64.1 Å². The number of likely N-dealkylation sites (N-methyl/N-ethyl adjacent to an activating group) is 1. The van der Waals surface area contributed by atoms with Gasteiger partial charge in [0.05, 0.1) is 12.1 Å². The number of nitrogens with zero attached hydrogens (tertiary/aromatic N) is 3. The maximum absolute atomic E-state index is 12.2. The van der Waals surface area contributed by atoms with Crippen molar-refractivity contribution in [2.24, 2.45) is 0 Å². The fourth-order valence-corrected chi connectivity index (χ4v) is 2.39. The first kappa shape index (κ1) is 16.9. The summed E-state index contributed by atoms with van der Waals surface area (Å²) in [6.07, 6.45) is 0. The van der Waals surface area contributed by atoms with Crippen LogP contribution < -0.4 is 0 Å². The maximum atomic E-state index is 12.2. The Morgan fingerprint density at radius 3 is 2.05 bits per heavy atom. The monoisotopic (exact) mass is 285 g/mol. The highest BCUT2D eigenvalue weighted by molar-refractivity contribution is 5.79. The van der Waals surface area contributed by atoms with E-state index in [0.29, 0.717) is 39.3 Å². The lowest BCUT2D eigenvalue weighted by molar-refractivity contribution is -0.139. The Labute approximate surface area is 121 Å². The van der Waals surface area contributed by atoms with Crippen molar-refractivity contribution in [3.05, 3.63) is 0 Å². The van der Waals surface area contributed by atoms with Crippen LogP contribution in [0.25, 0.3) is 0 Å². The molecule has 6 nitrogen and oxygen atoms in total. The van der Waals surface area contributed by atoms with Gasteiger partial charge in [-0.05, 0) is 20.4 Å². The van der Waals surface area contributed by atoms with Gasteiger partial charge in [0.2, 0.25) is 11.8 Å². The largest absolute Gasteiger partial charge is 0.389 e. The molecule has 0 spiro atoms. The van der Waals surface area contributed by atoms with E-state index in [0.717, 1.165) is 6.54 Å². The van der Waals surface area contributed by atoms with E-state index in [1.807, 2.05) is 11.8 Å². The quantitative estimate of drug-likeness (QED) is 0.758. The van der Waals surface area contributed by atoms with Crippen LogP contribution in [0.15, 0.2) is 0 Å². The van der Waals surface area contributed by atoms with Crippen LogP contribution >= 0.6 is 0 Å². The Morgan fingerprint density at radius 1 is 1.15 bits per heavy atom. The average Bonchev–Trinajstić information content (AvgIpc) is 2.36. The van der Waals surface area contributed by atoms with E-state index in [1.54, 1.807) is 30.6 Å². The smallest absolute Gasteiger partial charge is 0.236 e. The second kappa shape index (κ2) is 7.04. The third-order valence-electron chi connectivity index (χ3n) is 3.49. The summed E-state index contributed by atoms with van der Waals surface area (Å²) in [5.74, 6) is 0.133. The molecule has 20 heavy (non-hydrogen) atoms. The van der Waals surface area contributed by atoms with Crippen LogP contribution in [0, 0.1) is 0 Å². The molecule has 1 aliphatic rings. The lowest BCUT2D eigenvalue weighted by Gasteiger charge is -2.36. The van der Waals surface area contributed by atoms with E-state index >= 15 is 0 Å². The SMILES string of the molecule is CCN(CC(=O)N1CCN(C(C)=O)CC1)CC(C)(C)O. The lowest BCUT2D eigenvalue weighted by atomic mass is 10.1. The highest BCUT2D eigenvalue weighted by Crippen LogP contribution is 2.07.